The highest BCUT2D eigenvalue weighted by molar-refractivity contribution is 5.92. The third kappa shape index (κ3) is 3.47. The van der Waals surface area contributed by atoms with Crippen LogP contribution in [0, 0.1) is 0 Å². The van der Waals surface area contributed by atoms with Crippen LogP contribution in [0.5, 0.6) is 0 Å². The van der Waals surface area contributed by atoms with Crippen molar-refractivity contribution in [2.24, 2.45) is 0 Å². The van der Waals surface area contributed by atoms with Gasteiger partial charge in [-0.05, 0) is 26.4 Å². The van der Waals surface area contributed by atoms with Gasteiger partial charge in [-0.1, -0.05) is 6.92 Å². The number of nitrogens with one attached hydrogen (secondary N) is 1. The van der Waals surface area contributed by atoms with E-state index < -0.39 is 0 Å². The molecule has 0 unspecified atom stereocenters. The number of nitrogens with zero attached hydrogens (tertiary/aromatic N) is 2. The van der Waals surface area contributed by atoms with E-state index in [1.807, 2.05) is 17.8 Å². The summed E-state index contributed by atoms with van der Waals surface area (Å²) in [6.45, 7) is 3.84. The molecular formula is C11H19N3O. The SMILES string of the molecule is CCCn1ccnc1C(=O)CCCNC. The lowest BCUT2D eigenvalue weighted by Crippen LogP contribution is -2.13. The largest absolute Gasteiger partial charge is 0.329 e. The van der Waals surface area contributed by atoms with Crippen molar-refractivity contribution in [3.05, 3.63) is 18.2 Å². The van der Waals surface area contributed by atoms with E-state index in [1.165, 1.54) is 0 Å². The van der Waals surface area contributed by atoms with E-state index in [4.69, 9.17) is 0 Å². The Labute approximate surface area is 90.7 Å². The van der Waals surface area contributed by atoms with E-state index >= 15 is 0 Å². The van der Waals surface area contributed by atoms with Crippen molar-refractivity contribution in [3.63, 3.8) is 0 Å². The first-order valence-electron chi connectivity index (χ1n) is 5.48. The van der Waals surface area contributed by atoms with Crippen LogP contribution in [0.25, 0.3) is 0 Å². The number of rotatable bonds is 7. The third-order valence-corrected chi connectivity index (χ3v) is 2.26. The summed E-state index contributed by atoms with van der Waals surface area (Å²) in [5, 5.41) is 3.03. The van der Waals surface area contributed by atoms with Gasteiger partial charge in [0, 0.05) is 25.4 Å². The van der Waals surface area contributed by atoms with E-state index in [0.717, 1.165) is 25.9 Å². The number of hydrogen-bond acceptors (Lipinski definition) is 3. The Kier molecular flexibility index (Phi) is 5.04. The normalized spacial score (nSPS) is 10.5. The quantitative estimate of drug-likeness (QED) is 0.546. The van der Waals surface area contributed by atoms with Gasteiger partial charge in [0.15, 0.2) is 11.6 Å². The molecule has 84 valence electrons. The van der Waals surface area contributed by atoms with Crippen molar-refractivity contribution < 1.29 is 4.79 Å². The van der Waals surface area contributed by atoms with Crippen molar-refractivity contribution in [2.45, 2.75) is 32.7 Å². The summed E-state index contributed by atoms with van der Waals surface area (Å²) in [4.78, 5) is 15.9. The van der Waals surface area contributed by atoms with E-state index in [-0.39, 0.29) is 5.78 Å². The minimum absolute atomic E-state index is 0.142. The van der Waals surface area contributed by atoms with Gasteiger partial charge in [0.05, 0.1) is 0 Å². The number of ketones is 1. The summed E-state index contributed by atoms with van der Waals surface area (Å²) in [6, 6.07) is 0. The molecule has 0 bridgehead atoms. The summed E-state index contributed by atoms with van der Waals surface area (Å²) in [5.41, 5.74) is 0. The van der Waals surface area contributed by atoms with Crippen molar-refractivity contribution in [3.8, 4) is 0 Å². The van der Waals surface area contributed by atoms with Crippen molar-refractivity contribution >= 4 is 5.78 Å². The molecule has 0 spiro atoms. The Morgan fingerprint density at radius 2 is 2.40 bits per heavy atom. The van der Waals surface area contributed by atoms with Crippen LogP contribution in [0.2, 0.25) is 0 Å². The van der Waals surface area contributed by atoms with Crippen LogP contribution < -0.4 is 5.32 Å². The molecule has 0 fully saturated rings. The maximum atomic E-state index is 11.8. The fourth-order valence-corrected chi connectivity index (χ4v) is 1.52. The molecule has 0 aliphatic rings. The summed E-state index contributed by atoms with van der Waals surface area (Å²) in [5.74, 6) is 0.747. The topological polar surface area (TPSA) is 46.9 Å². The van der Waals surface area contributed by atoms with Gasteiger partial charge < -0.3 is 9.88 Å². The minimum atomic E-state index is 0.142. The smallest absolute Gasteiger partial charge is 0.198 e. The molecule has 0 aliphatic carbocycles. The molecule has 1 N–H and O–H groups in total. The average Bonchev–Trinajstić information content (AvgIpc) is 2.67. The van der Waals surface area contributed by atoms with E-state index in [0.29, 0.717) is 12.2 Å². The van der Waals surface area contributed by atoms with E-state index in [2.05, 4.69) is 17.2 Å². The number of hydrogen-bond donors (Lipinski definition) is 1. The van der Waals surface area contributed by atoms with Crippen LogP contribution in [0.15, 0.2) is 12.4 Å². The molecule has 15 heavy (non-hydrogen) atoms. The molecule has 1 heterocycles. The Bertz CT molecular complexity index is 307. The van der Waals surface area contributed by atoms with Crippen LogP contribution in [-0.4, -0.2) is 28.9 Å². The number of Topliss-reactive ketones (excluding diaryl/α,β-unsaturated/α-hetero) is 1. The van der Waals surface area contributed by atoms with E-state index in [1.54, 1.807) is 6.20 Å². The molecule has 0 radical (unpaired) electrons. The second-order valence-electron chi connectivity index (χ2n) is 3.57. The Morgan fingerprint density at radius 1 is 1.60 bits per heavy atom. The highest BCUT2D eigenvalue weighted by atomic mass is 16.1. The van der Waals surface area contributed by atoms with Crippen molar-refractivity contribution in [2.75, 3.05) is 13.6 Å². The molecule has 0 aromatic carbocycles. The standard InChI is InChI=1S/C11H19N3O/c1-3-8-14-9-7-13-11(14)10(15)5-4-6-12-2/h7,9,12H,3-6,8H2,1-2H3. The Balaban J connectivity index is 2.53. The molecule has 0 amide bonds. The van der Waals surface area contributed by atoms with Gasteiger partial charge in [-0.3, -0.25) is 4.79 Å². The van der Waals surface area contributed by atoms with Crippen LogP contribution in [0.3, 0.4) is 0 Å². The summed E-state index contributed by atoms with van der Waals surface area (Å²) >= 11 is 0. The zero-order chi connectivity index (χ0) is 11.1. The first-order chi connectivity index (χ1) is 7.29. The molecule has 1 aromatic heterocycles. The fourth-order valence-electron chi connectivity index (χ4n) is 1.52. The molecular weight excluding hydrogens is 190 g/mol. The van der Waals surface area contributed by atoms with Gasteiger partial charge >= 0.3 is 0 Å². The maximum absolute atomic E-state index is 11.8. The first kappa shape index (κ1) is 11.9. The number of carbonyl (C=O) groups excluding carboxylic acids is 1. The molecule has 0 saturated carbocycles. The lowest BCUT2D eigenvalue weighted by molar-refractivity contribution is 0.0966. The second kappa shape index (κ2) is 6.35. The lowest BCUT2D eigenvalue weighted by atomic mass is 10.2. The third-order valence-electron chi connectivity index (χ3n) is 2.26. The second-order valence-corrected chi connectivity index (χ2v) is 3.57. The molecule has 0 atom stereocenters. The number of aromatic nitrogens is 2. The number of carbonyl (C=O) groups is 1. The molecule has 1 aromatic rings. The van der Waals surface area contributed by atoms with Gasteiger partial charge in [0.2, 0.25) is 0 Å². The summed E-state index contributed by atoms with van der Waals surface area (Å²) in [7, 11) is 1.89. The number of aryl methyl sites for hydroxylation is 1. The summed E-state index contributed by atoms with van der Waals surface area (Å²) < 4.78 is 1.93. The Hall–Kier alpha value is -1.16. The molecule has 0 aliphatic heterocycles. The average molecular weight is 209 g/mol. The van der Waals surface area contributed by atoms with Crippen molar-refractivity contribution in [1.82, 2.24) is 14.9 Å². The highest BCUT2D eigenvalue weighted by Crippen LogP contribution is 2.04. The van der Waals surface area contributed by atoms with Crippen LogP contribution in [0.1, 0.15) is 36.8 Å². The molecule has 0 saturated heterocycles. The summed E-state index contributed by atoms with van der Waals surface area (Å²) in [6.07, 6.45) is 6.03. The van der Waals surface area contributed by atoms with Gasteiger partial charge in [-0.15, -0.1) is 0 Å². The van der Waals surface area contributed by atoms with E-state index in [9.17, 15) is 4.79 Å². The minimum Gasteiger partial charge on any atom is -0.329 e. The predicted molar refractivity (Wildman–Crippen MR) is 60.0 cm³/mol. The monoisotopic (exact) mass is 209 g/mol. The van der Waals surface area contributed by atoms with Crippen molar-refractivity contribution in [1.29, 1.82) is 0 Å². The predicted octanol–water partition coefficient (Wildman–Crippen LogP) is 1.48. The molecule has 4 heteroatoms. The van der Waals surface area contributed by atoms with Crippen LogP contribution in [-0.2, 0) is 6.54 Å². The zero-order valence-corrected chi connectivity index (χ0v) is 9.49. The van der Waals surface area contributed by atoms with Crippen LogP contribution >= 0.6 is 0 Å². The van der Waals surface area contributed by atoms with Gasteiger partial charge in [-0.2, -0.15) is 0 Å². The Morgan fingerprint density at radius 3 is 3.07 bits per heavy atom. The lowest BCUT2D eigenvalue weighted by Gasteiger charge is -2.04. The highest BCUT2D eigenvalue weighted by Gasteiger charge is 2.11. The van der Waals surface area contributed by atoms with Gasteiger partial charge in [0.1, 0.15) is 0 Å². The van der Waals surface area contributed by atoms with Crippen LogP contribution in [0.4, 0.5) is 0 Å². The fraction of sp³-hybridized carbons (Fsp3) is 0.636. The zero-order valence-electron chi connectivity index (χ0n) is 9.49. The number of imidazole rings is 1. The maximum Gasteiger partial charge on any atom is 0.198 e. The molecule has 4 nitrogen and oxygen atoms in total. The van der Waals surface area contributed by atoms with Gasteiger partial charge in [-0.25, -0.2) is 4.98 Å². The first-order valence-corrected chi connectivity index (χ1v) is 5.48. The molecule has 1 rings (SSSR count). The van der Waals surface area contributed by atoms with Gasteiger partial charge in [0.25, 0.3) is 0 Å².